The van der Waals surface area contributed by atoms with Gasteiger partial charge in [-0.3, -0.25) is 10.1 Å². The number of unbranched alkanes of at least 4 members (excludes halogenated alkanes) is 1. The minimum absolute atomic E-state index is 0.152. The molecule has 10 heteroatoms. The first-order valence-corrected chi connectivity index (χ1v) is 12.9. The molecule has 1 N–H and O–H groups in total. The SMILES string of the molecule is CCCCC(=O)Oc1c(NC(=O)OCCCc2ccc(OS(C)(=O)=O)cc2)cccc1OCC. The number of para-hydroxylation sites is 1. The molecule has 186 valence electrons. The Morgan fingerprint density at radius 2 is 1.74 bits per heavy atom. The van der Waals surface area contributed by atoms with Gasteiger partial charge in [-0.25, -0.2) is 4.79 Å². The zero-order valence-corrected chi connectivity index (χ0v) is 20.5. The number of hydrogen-bond donors (Lipinski definition) is 1. The molecular formula is C24H31NO8S. The van der Waals surface area contributed by atoms with Crippen molar-refractivity contribution in [3.8, 4) is 17.2 Å². The summed E-state index contributed by atoms with van der Waals surface area (Å²) in [6.07, 6.45) is 3.30. The van der Waals surface area contributed by atoms with Crippen LogP contribution in [0, 0.1) is 0 Å². The van der Waals surface area contributed by atoms with Crippen LogP contribution in [0.4, 0.5) is 10.5 Å². The Morgan fingerprint density at radius 1 is 1.00 bits per heavy atom. The Kier molecular flexibility index (Phi) is 10.7. The highest BCUT2D eigenvalue weighted by Crippen LogP contribution is 2.36. The van der Waals surface area contributed by atoms with Crippen LogP contribution in [0.5, 0.6) is 17.2 Å². The van der Waals surface area contributed by atoms with Crippen LogP contribution in [-0.4, -0.2) is 39.9 Å². The van der Waals surface area contributed by atoms with Gasteiger partial charge in [0.2, 0.25) is 0 Å². The van der Waals surface area contributed by atoms with Gasteiger partial charge in [0.25, 0.3) is 0 Å². The maximum atomic E-state index is 12.3. The Balaban J connectivity index is 1.89. The minimum Gasteiger partial charge on any atom is -0.490 e. The summed E-state index contributed by atoms with van der Waals surface area (Å²) in [6, 6.07) is 11.6. The molecule has 9 nitrogen and oxygen atoms in total. The third-order valence-corrected chi connectivity index (χ3v) is 4.97. The highest BCUT2D eigenvalue weighted by molar-refractivity contribution is 7.86. The number of rotatable bonds is 13. The van der Waals surface area contributed by atoms with Gasteiger partial charge in [0.15, 0.2) is 11.5 Å². The van der Waals surface area contributed by atoms with Crippen molar-refractivity contribution in [3.05, 3.63) is 48.0 Å². The van der Waals surface area contributed by atoms with Crippen LogP contribution in [0.1, 0.15) is 45.1 Å². The number of carbonyl (C=O) groups excluding carboxylic acids is 2. The van der Waals surface area contributed by atoms with E-state index >= 15 is 0 Å². The summed E-state index contributed by atoms with van der Waals surface area (Å²) in [5.41, 5.74) is 1.22. The van der Waals surface area contributed by atoms with Gasteiger partial charge >= 0.3 is 22.2 Å². The standard InChI is InChI=1S/C24H31NO8S/c1-4-6-12-22(26)32-23-20(10-7-11-21(23)30-5-2)25-24(27)31-17-8-9-18-13-15-19(16-14-18)33-34(3,28)29/h7,10-11,13-16H,4-6,8-9,12,17H2,1-3H3,(H,25,27). The van der Waals surface area contributed by atoms with Gasteiger partial charge in [0.05, 0.1) is 25.2 Å². The largest absolute Gasteiger partial charge is 0.490 e. The van der Waals surface area contributed by atoms with Gasteiger partial charge in [-0.1, -0.05) is 31.5 Å². The Morgan fingerprint density at radius 3 is 2.38 bits per heavy atom. The van der Waals surface area contributed by atoms with E-state index in [1.165, 1.54) is 0 Å². The molecule has 0 fully saturated rings. The maximum absolute atomic E-state index is 12.3. The lowest BCUT2D eigenvalue weighted by Crippen LogP contribution is -2.17. The van der Waals surface area contributed by atoms with Crippen molar-refractivity contribution < 1.29 is 36.4 Å². The van der Waals surface area contributed by atoms with Gasteiger partial charge in [-0.05, 0) is 56.0 Å². The Labute approximate surface area is 200 Å². The van der Waals surface area contributed by atoms with Crippen molar-refractivity contribution in [2.45, 2.75) is 46.0 Å². The summed E-state index contributed by atoms with van der Waals surface area (Å²) < 4.78 is 43.4. The minimum atomic E-state index is -3.57. The Bertz CT molecular complexity index is 1050. The molecular weight excluding hydrogens is 462 g/mol. The van der Waals surface area contributed by atoms with Crippen LogP contribution in [-0.2, 0) is 26.1 Å². The number of esters is 1. The molecule has 34 heavy (non-hydrogen) atoms. The zero-order chi connectivity index (χ0) is 25.0. The quantitative estimate of drug-likeness (QED) is 0.185. The highest BCUT2D eigenvalue weighted by atomic mass is 32.2. The molecule has 2 rings (SSSR count). The molecule has 2 aromatic carbocycles. The number of aryl methyl sites for hydroxylation is 1. The summed E-state index contributed by atoms with van der Waals surface area (Å²) in [5.74, 6) is 0.341. The van der Waals surface area contributed by atoms with Gasteiger partial charge in [0, 0.05) is 6.42 Å². The van der Waals surface area contributed by atoms with Gasteiger partial charge in [-0.15, -0.1) is 0 Å². The van der Waals surface area contributed by atoms with Crippen molar-refractivity contribution in [3.63, 3.8) is 0 Å². The molecule has 0 saturated carbocycles. The summed E-state index contributed by atoms with van der Waals surface area (Å²) in [7, 11) is -3.57. The van der Waals surface area contributed by atoms with E-state index in [1.54, 1.807) is 42.5 Å². The number of carbonyl (C=O) groups is 2. The summed E-state index contributed by atoms with van der Waals surface area (Å²) in [4.78, 5) is 24.4. The van der Waals surface area contributed by atoms with Crippen LogP contribution in [0.15, 0.2) is 42.5 Å². The third-order valence-electron chi connectivity index (χ3n) is 4.48. The van der Waals surface area contributed by atoms with Crippen molar-refractivity contribution >= 4 is 27.9 Å². The fraction of sp³-hybridized carbons (Fsp3) is 0.417. The second kappa shape index (κ2) is 13.4. The fourth-order valence-corrected chi connectivity index (χ4v) is 3.41. The molecule has 0 aromatic heterocycles. The van der Waals surface area contributed by atoms with Crippen LogP contribution >= 0.6 is 0 Å². The smallest absolute Gasteiger partial charge is 0.411 e. The van der Waals surface area contributed by atoms with Gasteiger partial charge < -0.3 is 18.4 Å². The lowest BCUT2D eigenvalue weighted by atomic mass is 10.1. The van der Waals surface area contributed by atoms with E-state index in [1.807, 2.05) is 13.8 Å². The summed E-state index contributed by atoms with van der Waals surface area (Å²) in [6.45, 7) is 4.31. The van der Waals surface area contributed by atoms with Crippen LogP contribution in [0.2, 0.25) is 0 Å². The van der Waals surface area contributed by atoms with E-state index in [-0.39, 0.29) is 30.2 Å². The highest BCUT2D eigenvalue weighted by Gasteiger charge is 2.17. The molecule has 0 aliphatic rings. The molecule has 0 aliphatic heterocycles. The van der Waals surface area contributed by atoms with Gasteiger partial charge in [0.1, 0.15) is 5.75 Å². The van der Waals surface area contributed by atoms with Crippen molar-refractivity contribution in [2.24, 2.45) is 0 Å². The van der Waals surface area contributed by atoms with Gasteiger partial charge in [-0.2, -0.15) is 8.42 Å². The lowest BCUT2D eigenvalue weighted by molar-refractivity contribution is -0.134. The van der Waals surface area contributed by atoms with E-state index in [9.17, 15) is 18.0 Å². The molecule has 0 heterocycles. The molecule has 2 aromatic rings. The van der Waals surface area contributed by atoms with Crippen LogP contribution in [0.3, 0.4) is 0 Å². The normalized spacial score (nSPS) is 10.9. The molecule has 0 radical (unpaired) electrons. The second-order valence-electron chi connectivity index (χ2n) is 7.44. The topological polar surface area (TPSA) is 117 Å². The average molecular weight is 494 g/mol. The number of nitrogens with one attached hydrogen (secondary N) is 1. The molecule has 0 spiro atoms. The molecule has 0 bridgehead atoms. The van der Waals surface area contributed by atoms with Crippen molar-refractivity contribution in [1.29, 1.82) is 0 Å². The fourth-order valence-electron chi connectivity index (χ4n) is 2.95. The van der Waals surface area contributed by atoms with E-state index in [4.69, 9.17) is 18.4 Å². The predicted molar refractivity (Wildman–Crippen MR) is 128 cm³/mol. The average Bonchev–Trinajstić information content (AvgIpc) is 2.77. The molecule has 0 unspecified atom stereocenters. The second-order valence-corrected chi connectivity index (χ2v) is 9.01. The van der Waals surface area contributed by atoms with Crippen molar-refractivity contribution in [1.82, 2.24) is 0 Å². The number of ether oxygens (including phenoxy) is 3. The maximum Gasteiger partial charge on any atom is 0.411 e. The van der Waals surface area contributed by atoms with E-state index < -0.39 is 22.2 Å². The van der Waals surface area contributed by atoms with E-state index in [0.717, 1.165) is 18.2 Å². The zero-order valence-electron chi connectivity index (χ0n) is 19.7. The van der Waals surface area contributed by atoms with Crippen LogP contribution in [0.25, 0.3) is 0 Å². The van der Waals surface area contributed by atoms with Crippen LogP contribution < -0.4 is 19.0 Å². The summed E-state index contributed by atoms with van der Waals surface area (Å²) in [5, 5.41) is 2.61. The van der Waals surface area contributed by atoms with E-state index in [2.05, 4.69) is 5.32 Å². The van der Waals surface area contributed by atoms with E-state index in [0.29, 0.717) is 31.6 Å². The first-order valence-electron chi connectivity index (χ1n) is 11.1. The number of benzene rings is 2. The summed E-state index contributed by atoms with van der Waals surface area (Å²) >= 11 is 0. The molecule has 0 aliphatic carbocycles. The lowest BCUT2D eigenvalue weighted by Gasteiger charge is -2.15. The molecule has 0 atom stereocenters. The van der Waals surface area contributed by atoms with Crippen molar-refractivity contribution in [2.75, 3.05) is 24.8 Å². The third kappa shape index (κ3) is 9.70. The first kappa shape index (κ1) is 27.0. The predicted octanol–water partition coefficient (Wildman–Crippen LogP) is 4.70. The molecule has 0 saturated heterocycles. The molecule has 1 amide bonds. The number of hydrogen-bond acceptors (Lipinski definition) is 8. The number of anilines is 1. The monoisotopic (exact) mass is 493 g/mol. The first-order chi connectivity index (χ1) is 16.2. The Hall–Kier alpha value is -3.27. The number of amides is 1.